The average molecular weight is 279 g/mol. The molecule has 4 nitrogen and oxygen atoms in total. The molecule has 0 spiro atoms. The summed E-state index contributed by atoms with van der Waals surface area (Å²) in [5.74, 6) is 0. The second-order valence-electron chi connectivity index (χ2n) is 5.02. The number of nitrogens with one attached hydrogen (secondary N) is 2. The number of anilines is 1. The lowest BCUT2D eigenvalue weighted by Crippen LogP contribution is -2.13. The monoisotopic (exact) mass is 279 g/mol. The molecular weight excluding hydrogens is 262 g/mol. The van der Waals surface area contributed by atoms with Crippen molar-refractivity contribution in [1.82, 2.24) is 9.55 Å². The Balaban J connectivity index is 1.70. The predicted molar refractivity (Wildman–Crippen MR) is 84.9 cm³/mol. The molecule has 21 heavy (non-hydrogen) atoms. The molecule has 0 aliphatic rings. The highest BCUT2D eigenvalue weighted by Gasteiger charge is 2.00. The van der Waals surface area contributed by atoms with Crippen LogP contribution in [-0.4, -0.2) is 9.55 Å². The number of hydrogen-bond acceptors (Lipinski definition) is 2. The molecule has 0 radical (unpaired) electrons. The van der Waals surface area contributed by atoms with E-state index < -0.39 is 0 Å². The smallest absolute Gasteiger partial charge is 0.330 e. The Bertz CT molecular complexity index is 784. The van der Waals surface area contributed by atoms with Gasteiger partial charge in [0.25, 0.3) is 0 Å². The highest BCUT2D eigenvalue weighted by molar-refractivity contribution is 5.49. The molecule has 3 aromatic rings. The molecule has 0 amide bonds. The van der Waals surface area contributed by atoms with Crippen molar-refractivity contribution in [3.05, 3.63) is 82.5 Å². The third-order valence-corrected chi connectivity index (χ3v) is 3.37. The largest absolute Gasteiger partial charge is 0.381 e. The third-order valence-electron chi connectivity index (χ3n) is 3.37. The van der Waals surface area contributed by atoms with Crippen molar-refractivity contribution in [3.63, 3.8) is 0 Å². The Hall–Kier alpha value is -2.75. The molecule has 0 aliphatic carbocycles. The highest BCUT2D eigenvalue weighted by Crippen LogP contribution is 2.13. The summed E-state index contributed by atoms with van der Waals surface area (Å²) in [6.45, 7) is 2.87. The van der Waals surface area contributed by atoms with Crippen LogP contribution in [0, 0.1) is 6.92 Å². The first kappa shape index (κ1) is 13.2. The summed E-state index contributed by atoms with van der Waals surface area (Å²) in [6.07, 6.45) is 3.35. The van der Waals surface area contributed by atoms with E-state index in [2.05, 4.69) is 41.5 Å². The fraction of sp³-hybridized carbons (Fsp3) is 0.118. The number of hydrogen-bond donors (Lipinski definition) is 2. The zero-order valence-electron chi connectivity index (χ0n) is 11.8. The van der Waals surface area contributed by atoms with Gasteiger partial charge >= 0.3 is 5.69 Å². The van der Waals surface area contributed by atoms with Crippen molar-refractivity contribution >= 4 is 5.69 Å². The second-order valence-corrected chi connectivity index (χ2v) is 5.02. The zero-order valence-corrected chi connectivity index (χ0v) is 11.8. The molecule has 2 aromatic carbocycles. The summed E-state index contributed by atoms with van der Waals surface area (Å²) >= 11 is 0. The first-order valence-electron chi connectivity index (χ1n) is 6.88. The van der Waals surface area contributed by atoms with Crippen molar-refractivity contribution in [2.24, 2.45) is 0 Å². The zero-order chi connectivity index (χ0) is 14.7. The lowest BCUT2D eigenvalue weighted by molar-refractivity contribution is 0.987. The molecule has 0 fully saturated rings. The summed E-state index contributed by atoms with van der Waals surface area (Å²) in [5.41, 5.74) is 4.26. The summed E-state index contributed by atoms with van der Waals surface area (Å²) < 4.78 is 1.57. The maximum Gasteiger partial charge on any atom is 0.330 e. The first-order chi connectivity index (χ1) is 10.2. The van der Waals surface area contributed by atoms with Gasteiger partial charge in [0, 0.05) is 24.6 Å². The van der Waals surface area contributed by atoms with Gasteiger partial charge in [-0.05, 0) is 36.8 Å². The number of aromatic nitrogens is 2. The van der Waals surface area contributed by atoms with Crippen LogP contribution in [0.4, 0.5) is 5.69 Å². The van der Waals surface area contributed by atoms with Gasteiger partial charge in [0.15, 0.2) is 0 Å². The predicted octanol–water partition coefficient (Wildman–Crippen LogP) is 3.09. The molecule has 1 aromatic heterocycles. The van der Waals surface area contributed by atoms with E-state index in [1.54, 1.807) is 17.0 Å². The molecule has 106 valence electrons. The van der Waals surface area contributed by atoms with Crippen LogP contribution in [-0.2, 0) is 6.54 Å². The normalized spacial score (nSPS) is 10.5. The summed E-state index contributed by atoms with van der Waals surface area (Å²) in [5, 5.41) is 3.38. The number of nitrogens with zero attached hydrogens (tertiary/aromatic N) is 1. The van der Waals surface area contributed by atoms with Gasteiger partial charge in [-0.25, -0.2) is 4.79 Å². The van der Waals surface area contributed by atoms with Gasteiger partial charge in [0.2, 0.25) is 0 Å². The minimum atomic E-state index is -0.129. The Morgan fingerprint density at radius 2 is 1.95 bits per heavy atom. The maximum atomic E-state index is 11.5. The van der Waals surface area contributed by atoms with Crippen LogP contribution in [0.25, 0.3) is 5.69 Å². The van der Waals surface area contributed by atoms with Gasteiger partial charge in [0.1, 0.15) is 0 Å². The molecule has 0 bridgehead atoms. The average Bonchev–Trinajstić information content (AvgIpc) is 2.92. The van der Waals surface area contributed by atoms with Gasteiger partial charge in [-0.2, -0.15) is 0 Å². The van der Waals surface area contributed by atoms with E-state index in [4.69, 9.17) is 0 Å². The van der Waals surface area contributed by atoms with Crippen LogP contribution >= 0.6 is 0 Å². The van der Waals surface area contributed by atoms with Crippen molar-refractivity contribution in [2.45, 2.75) is 13.5 Å². The number of aryl methyl sites for hydroxylation is 1. The molecule has 1 heterocycles. The highest BCUT2D eigenvalue weighted by atomic mass is 16.1. The minimum Gasteiger partial charge on any atom is -0.381 e. The molecule has 2 N–H and O–H groups in total. The van der Waals surface area contributed by atoms with Crippen molar-refractivity contribution in [2.75, 3.05) is 5.32 Å². The fourth-order valence-electron chi connectivity index (χ4n) is 2.29. The van der Waals surface area contributed by atoms with Crippen molar-refractivity contribution in [1.29, 1.82) is 0 Å². The van der Waals surface area contributed by atoms with E-state index >= 15 is 0 Å². The van der Waals surface area contributed by atoms with Crippen LogP contribution in [0.5, 0.6) is 0 Å². The van der Waals surface area contributed by atoms with E-state index in [1.165, 1.54) is 11.1 Å². The van der Waals surface area contributed by atoms with Crippen LogP contribution in [0.2, 0.25) is 0 Å². The van der Waals surface area contributed by atoms with Crippen LogP contribution in [0.15, 0.2) is 65.7 Å². The molecule has 3 rings (SSSR count). The fourth-order valence-corrected chi connectivity index (χ4v) is 2.29. The molecule has 0 aliphatic heterocycles. The lowest BCUT2D eigenvalue weighted by Gasteiger charge is -2.08. The van der Waals surface area contributed by atoms with Crippen LogP contribution in [0.1, 0.15) is 11.1 Å². The molecular formula is C17H17N3O. The van der Waals surface area contributed by atoms with E-state index in [-0.39, 0.29) is 5.69 Å². The quantitative estimate of drug-likeness (QED) is 0.771. The number of benzene rings is 2. The van der Waals surface area contributed by atoms with Crippen molar-refractivity contribution < 1.29 is 0 Å². The Labute approximate surface area is 123 Å². The molecule has 0 saturated carbocycles. The summed E-state index contributed by atoms with van der Waals surface area (Å²) in [7, 11) is 0. The van der Waals surface area contributed by atoms with E-state index in [1.807, 2.05) is 24.3 Å². The van der Waals surface area contributed by atoms with Crippen LogP contribution < -0.4 is 11.0 Å². The first-order valence-corrected chi connectivity index (χ1v) is 6.88. The van der Waals surface area contributed by atoms with Crippen LogP contribution in [0.3, 0.4) is 0 Å². The van der Waals surface area contributed by atoms with Gasteiger partial charge in [-0.3, -0.25) is 4.57 Å². The van der Waals surface area contributed by atoms with E-state index in [0.717, 1.165) is 17.9 Å². The molecule has 0 atom stereocenters. The van der Waals surface area contributed by atoms with E-state index in [9.17, 15) is 4.79 Å². The third kappa shape index (κ3) is 3.05. The number of imidazole rings is 1. The van der Waals surface area contributed by atoms with Gasteiger partial charge in [0.05, 0.1) is 5.69 Å². The number of aromatic amines is 1. The lowest BCUT2D eigenvalue weighted by atomic mass is 10.1. The van der Waals surface area contributed by atoms with E-state index in [0.29, 0.717) is 0 Å². The summed E-state index contributed by atoms with van der Waals surface area (Å²) in [4.78, 5) is 14.2. The summed E-state index contributed by atoms with van der Waals surface area (Å²) in [6, 6.07) is 16.2. The Morgan fingerprint density at radius 1 is 1.14 bits per heavy atom. The second kappa shape index (κ2) is 5.71. The Morgan fingerprint density at radius 3 is 2.62 bits per heavy atom. The molecule has 0 unspecified atom stereocenters. The molecule has 4 heteroatoms. The maximum absolute atomic E-state index is 11.5. The van der Waals surface area contributed by atoms with Crippen molar-refractivity contribution in [3.8, 4) is 5.69 Å². The number of rotatable bonds is 4. The van der Waals surface area contributed by atoms with Gasteiger partial charge in [-0.15, -0.1) is 0 Å². The Kier molecular flexibility index (Phi) is 3.60. The number of H-pyrrole nitrogens is 1. The van der Waals surface area contributed by atoms with Gasteiger partial charge in [-0.1, -0.05) is 29.8 Å². The standard InChI is InChI=1S/C17H17N3O/c1-13-3-2-4-14(11-13)12-19-15-5-7-16(8-6-15)20-10-9-18-17(20)21/h2-11,19H,12H2,1H3,(H,18,21). The molecule has 0 saturated heterocycles. The van der Waals surface area contributed by atoms with Gasteiger partial charge < -0.3 is 10.3 Å². The minimum absolute atomic E-state index is 0.129. The topological polar surface area (TPSA) is 49.8 Å². The SMILES string of the molecule is Cc1cccc(CNc2ccc(-n3cc[nH]c3=O)cc2)c1.